The largest absolute Gasteiger partial charge is 0.315 e. The number of sulfonamides is 1. The molecule has 0 unspecified atom stereocenters. The Morgan fingerprint density at radius 1 is 1.35 bits per heavy atom. The van der Waals surface area contributed by atoms with Gasteiger partial charge in [-0.25, -0.2) is 8.42 Å². The molecule has 0 atom stereocenters. The Kier molecular flexibility index (Phi) is 7.15. The molecule has 0 amide bonds. The summed E-state index contributed by atoms with van der Waals surface area (Å²) in [6, 6.07) is 1.71. The monoisotopic (exact) mass is 318 g/mol. The fraction of sp³-hybridized carbons (Fsp3) is 0.714. The number of hydrogen-bond acceptors (Lipinski definition) is 4. The van der Waals surface area contributed by atoms with Crippen LogP contribution in [0.25, 0.3) is 0 Å². The van der Waals surface area contributed by atoms with E-state index in [4.69, 9.17) is 0 Å². The number of rotatable bonds is 9. The van der Waals surface area contributed by atoms with Gasteiger partial charge in [0.15, 0.2) is 0 Å². The molecule has 6 heteroatoms. The molecule has 1 aromatic heterocycles. The minimum atomic E-state index is -3.39. The molecule has 1 aromatic rings. The van der Waals surface area contributed by atoms with Crippen molar-refractivity contribution in [2.75, 3.05) is 13.6 Å². The fourth-order valence-corrected chi connectivity index (χ4v) is 5.25. The maximum Gasteiger partial charge on any atom is 0.244 e. The molecule has 4 nitrogen and oxygen atoms in total. The van der Waals surface area contributed by atoms with Crippen molar-refractivity contribution in [1.29, 1.82) is 0 Å². The van der Waals surface area contributed by atoms with Crippen LogP contribution in [0, 0.1) is 0 Å². The third-order valence-electron chi connectivity index (χ3n) is 3.19. The molecule has 0 saturated carbocycles. The van der Waals surface area contributed by atoms with Gasteiger partial charge in [-0.1, -0.05) is 19.8 Å². The summed E-state index contributed by atoms with van der Waals surface area (Å²) in [4.78, 5) is 1.34. The summed E-state index contributed by atoms with van der Waals surface area (Å²) in [6.45, 7) is 7.19. The van der Waals surface area contributed by atoms with Crippen LogP contribution in [0.15, 0.2) is 16.3 Å². The van der Waals surface area contributed by atoms with Gasteiger partial charge in [0.1, 0.15) is 0 Å². The smallest absolute Gasteiger partial charge is 0.244 e. The Bertz CT molecular complexity index is 495. The summed E-state index contributed by atoms with van der Waals surface area (Å²) in [5, 5.41) is 4.88. The minimum absolute atomic E-state index is 0.0146. The van der Waals surface area contributed by atoms with Crippen LogP contribution in [0.2, 0.25) is 0 Å². The molecule has 1 heterocycles. The van der Waals surface area contributed by atoms with Crippen LogP contribution in [0.3, 0.4) is 0 Å². The minimum Gasteiger partial charge on any atom is -0.315 e. The lowest BCUT2D eigenvalue weighted by molar-refractivity contribution is 0.345. The normalized spacial score (nSPS) is 12.5. The Morgan fingerprint density at radius 3 is 2.60 bits per heavy atom. The van der Waals surface area contributed by atoms with E-state index in [-0.39, 0.29) is 6.04 Å². The van der Waals surface area contributed by atoms with Gasteiger partial charge in [-0.2, -0.15) is 4.31 Å². The van der Waals surface area contributed by atoms with E-state index in [1.807, 2.05) is 26.3 Å². The summed E-state index contributed by atoms with van der Waals surface area (Å²) >= 11 is 1.49. The molecular formula is C14H26N2O2S2. The number of nitrogens with one attached hydrogen (secondary N) is 1. The topological polar surface area (TPSA) is 49.4 Å². The van der Waals surface area contributed by atoms with Gasteiger partial charge in [0.2, 0.25) is 10.0 Å². The lowest BCUT2D eigenvalue weighted by Crippen LogP contribution is -2.38. The molecule has 0 bridgehead atoms. The molecule has 116 valence electrons. The van der Waals surface area contributed by atoms with Gasteiger partial charge in [-0.15, -0.1) is 11.3 Å². The molecule has 0 aliphatic heterocycles. The second kappa shape index (κ2) is 8.12. The third kappa shape index (κ3) is 4.28. The van der Waals surface area contributed by atoms with Gasteiger partial charge in [0, 0.05) is 24.0 Å². The first-order chi connectivity index (χ1) is 9.45. The highest BCUT2D eigenvalue weighted by Gasteiger charge is 2.29. The van der Waals surface area contributed by atoms with Gasteiger partial charge in [-0.3, -0.25) is 0 Å². The Morgan fingerprint density at radius 2 is 2.05 bits per heavy atom. The molecule has 0 aliphatic carbocycles. The van der Waals surface area contributed by atoms with Crippen molar-refractivity contribution in [3.05, 3.63) is 16.3 Å². The molecule has 1 rings (SSSR count). The molecule has 0 spiro atoms. The van der Waals surface area contributed by atoms with Crippen molar-refractivity contribution in [3.63, 3.8) is 0 Å². The van der Waals surface area contributed by atoms with Crippen LogP contribution in [-0.4, -0.2) is 32.4 Å². The van der Waals surface area contributed by atoms with Crippen molar-refractivity contribution < 1.29 is 8.42 Å². The molecule has 0 fully saturated rings. The summed E-state index contributed by atoms with van der Waals surface area (Å²) < 4.78 is 27.3. The van der Waals surface area contributed by atoms with Crippen molar-refractivity contribution in [1.82, 2.24) is 9.62 Å². The first-order valence-electron chi connectivity index (χ1n) is 7.18. The first-order valence-corrected chi connectivity index (χ1v) is 9.49. The van der Waals surface area contributed by atoms with Gasteiger partial charge < -0.3 is 5.32 Å². The second-order valence-corrected chi connectivity index (χ2v) is 8.01. The third-order valence-corrected chi connectivity index (χ3v) is 6.40. The van der Waals surface area contributed by atoms with Crippen LogP contribution < -0.4 is 5.32 Å². The number of thiophene rings is 1. The van der Waals surface area contributed by atoms with Crippen molar-refractivity contribution in [2.45, 2.75) is 57.5 Å². The van der Waals surface area contributed by atoms with Crippen molar-refractivity contribution in [2.24, 2.45) is 0 Å². The molecule has 0 aromatic carbocycles. The summed E-state index contributed by atoms with van der Waals surface area (Å²) in [5.74, 6) is 0. The molecule has 0 aliphatic rings. The van der Waals surface area contributed by atoms with E-state index in [1.54, 1.807) is 10.4 Å². The van der Waals surface area contributed by atoms with E-state index in [9.17, 15) is 8.42 Å². The molecular weight excluding hydrogens is 292 g/mol. The van der Waals surface area contributed by atoms with E-state index in [0.717, 1.165) is 24.1 Å². The van der Waals surface area contributed by atoms with Gasteiger partial charge in [0.05, 0.1) is 4.90 Å². The predicted octanol–water partition coefficient (Wildman–Crippen LogP) is 3.06. The average Bonchev–Trinajstić information content (AvgIpc) is 2.83. The second-order valence-electron chi connectivity index (χ2n) is 5.15. The van der Waals surface area contributed by atoms with Crippen molar-refractivity contribution in [3.8, 4) is 0 Å². The van der Waals surface area contributed by atoms with Crippen LogP contribution in [-0.2, 0) is 16.6 Å². The lowest BCUT2D eigenvalue weighted by Gasteiger charge is -2.26. The molecule has 1 N–H and O–H groups in total. The van der Waals surface area contributed by atoms with E-state index in [1.165, 1.54) is 11.3 Å². The average molecular weight is 319 g/mol. The zero-order valence-corrected chi connectivity index (χ0v) is 14.5. The summed E-state index contributed by atoms with van der Waals surface area (Å²) in [5.41, 5.74) is 0. The maximum absolute atomic E-state index is 12.8. The first kappa shape index (κ1) is 17.6. The highest BCUT2D eigenvalue weighted by Crippen LogP contribution is 2.26. The van der Waals surface area contributed by atoms with Crippen LogP contribution in [0.5, 0.6) is 0 Å². The van der Waals surface area contributed by atoms with Crippen LogP contribution in [0.1, 0.15) is 44.9 Å². The number of hydrogen-bond donors (Lipinski definition) is 1. The standard InChI is InChI=1S/C14H26N2O2S2/c1-5-6-7-9-16(12(2)3)20(17,18)14-8-10-19-13(14)11-15-4/h8,10,12,15H,5-7,9,11H2,1-4H3. The molecule has 20 heavy (non-hydrogen) atoms. The van der Waals surface area contributed by atoms with Crippen LogP contribution >= 0.6 is 11.3 Å². The molecule has 0 saturated heterocycles. The number of nitrogens with zero attached hydrogens (tertiary/aromatic N) is 1. The quantitative estimate of drug-likeness (QED) is 0.712. The van der Waals surface area contributed by atoms with Gasteiger partial charge in [0.25, 0.3) is 0 Å². The highest BCUT2D eigenvalue weighted by atomic mass is 32.2. The maximum atomic E-state index is 12.8. The van der Waals surface area contributed by atoms with E-state index in [0.29, 0.717) is 18.0 Å². The Balaban J connectivity index is 3.00. The van der Waals surface area contributed by atoms with E-state index >= 15 is 0 Å². The Labute approximate surface area is 127 Å². The fourth-order valence-electron chi connectivity index (χ4n) is 2.15. The van der Waals surface area contributed by atoms with Crippen molar-refractivity contribution >= 4 is 21.4 Å². The predicted molar refractivity (Wildman–Crippen MR) is 85.6 cm³/mol. The zero-order chi connectivity index (χ0) is 15.2. The van der Waals surface area contributed by atoms with Crippen LogP contribution in [0.4, 0.5) is 0 Å². The SMILES string of the molecule is CCCCCN(C(C)C)S(=O)(=O)c1ccsc1CNC. The highest BCUT2D eigenvalue weighted by molar-refractivity contribution is 7.89. The summed E-state index contributed by atoms with van der Waals surface area (Å²) in [7, 11) is -1.56. The zero-order valence-electron chi connectivity index (χ0n) is 12.8. The van der Waals surface area contributed by atoms with Gasteiger partial charge >= 0.3 is 0 Å². The summed E-state index contributed by atoms with van der Waals surface area (Å²) in [6.07, 6.45) is 3.07. The van der Waals surface area contributed by atoms with E-state index < -0.39 is 10.0 Å². The number of unbranched alkanes of at least 4 members (excludes halogenated alkanes) is 2. The lowest BCUT2D eigenvalue weighted by atomic mass is 10.2. The van der Waals surface area contributed by atoms with Gasteiger partial charge in [-0.05, 0) is 38.8 Å². The molecule has 0 radical (unpaired) electrons. The Hall–Kier alpha value is -0.430. The van der Waals surface area contributed by atoms with E-state index in [2.05, 4.69) is 12.2 Å².